The van der Waals surface area contributed by atoms with Crippen molar-refractivity contribution in [2.75, 3.05) is 24.6 Å². The van der Waals surface area contributed by atoms with E-state index in [0.717, 1.165) is 12.8 Å². The first-order chi connectivity index (χ1) is 12.3. The molecule has 1 fully saturated rings. The Labute approximate surface area is 151 Å². The second-order valence-corrected chi connectivity index (χ2v) is 6.93. The molecule has 1 unspecified atom stereocenters. The summed E-state index contributed by atoms with van der Waals surface area (Å²) in [6.45, 7) is 4.12. The minimum Gasteiger partial charge on any atom is -0.478 e. The molecule has 8 nitrogen and oxygen atoms in total. The summed E-state index contributed by atoms with van der Waals surface area (Å²) in [7, 11) is 0. The van der Waals surface area contributed by atoms with Crippen molar-refractivity contribution in [1.82, 2.24) is 5.32 Å². The van der Waals surface area contributed by atoms with E-state index in [2.05, 4.69) is 5.32 Å². The smallest absolute Gasteiger partial charge is 0.335 e. The van der Waals surface area contributed by atoms with E-state index in [1.54, 1.807) is 13.8 Å². The molecular formula is C18H22N2O6. The SMILES string of the molecule is CC1(C)Oc2cc(C(=O)O)ccc2N(CC(=O)NCC2CCCO2)C1=O. The lowest BCUT2D eigenvalue weighted by Crippen LogP contribution is -2.55. The highest BCUT2D eigenvalue weighted by molar-refractivity contribution is 6.06. The van der Waals surface area contributed by atoms with Gasteiger partial charge < -0.3 is 19.9 Å². The van der Waals surface area contributed by atoms with Gasteiger partial charge in [-0.15, -0.1) is 0 Å². The Morgan fingerprint density at radius 2 is 2.15 bits per heavy atom. The number of carboxylic acids is 1. The lowest BCUT2D eigenvalue weighted by Gasteiger charge is -2.38. The second-order valence-electron chi connectivity index (χ2n) is 6.93. The van der Waals surface area contributed by atoms with Crippen LogP contribution in [0, 0.1) is 0 Å². The van der Waals surface area contributed by atoms with Crippen molar-refractivity contribution in [2.24, 2.45) is 0 Å². The van der Waals surface area contributed by atoms with E-state index in [-0.39, 0.29) is 35.8 Å². The zero-order valence-electron chi connectivity index (χ0n) is 14.8. The van der Waals surface area contributed by atoms with Crippen molar-refractivity contribution in [1.29, 1.82) is 0 Å². The molecule has 2 heterocycles. The fourth-order valence-corrected chi connectivity index (χ4v) is 3.09. The zero-order chi connectivity index (χ0) is 18.9. The largest absolute Gasteiger partial charge is 0.478 e. The predicted octanol–water partition coefficient (Wildman–Crippen LogP) is 1.18. The number of nitrogens with zero attached hydrogens (tertiary/aromatic N) is 1. The van der Waals surface area contributed by atoms with Crippen LogP contribution in [0.1, 0.15) is 37.0 Å². The fraction of sp³-hybridized carbons (Fsp3) is 0.500. The molecule has 2 aliphatic rings. The van der Waals surface area contributed by atoms with Crippen LogP contribution in [0.3, 0.4) is 0 Å². The summed E-state index contributed by atoms with van der Waals surface area (Å²) in [5.41, 5.74) is -0.762. The first kappa shape index (κ1) is 18.2. The van der Waals surface area contributed by atoms with Crippen molar-refractivity contribution in [3.8, 4) is 5.75 Å². The Morgan fingerprint density at radius 1 is 1.38 bits per heavy atom. The molecule has 2 amide bonds. The van der Waals surface area contributed by atoms with Gasteiger partial charge in [-0.05, 0) is 44.9 Å². The van der Waals surface area contributed by atoms with E-state index in [1.165, 1.54) is 23.1 Å². The van der Waals surface area contributed by atoms with Gasteiger partial charge in [0.15, 0.2) is 5.60 Å². The highest BCUT2D eigenvalue weighted by Gasteiger charge is 2.41. The monoisotopic (exact) mass is 362 g/mol. The molecule has 0 aromatic heterocycles. The molecule has 0 aliphatic carbocycles. The lowest BCUT2D eigenvalue weighted by molar-refractivity contribution is -0.134. The molecular weight excluding hydrogens is 340 g/mol. The molecule has 1 atom stereocenters. The van der Waals surface area contributed by atoms with Gasteiger partial charge in [0.2, 0.25) is 5.91 Å². The number of amides is 2. The maximum absolute atomic E-state index is 12.7. The number of nitrogens with one attached hydrogen (secondary N) is 1. The van der Waals surface area contributed by atoms with Gasteiger partial charge in [0.1, 0.15) is 12.3 Å². The topological polar surface area (TPSA) is 105 Å². The van der Waals surface area contributed by atoms with Gasteiger partial charge in [0, 0.05) is 13.2 Å². The second kappa shape index (κ2) is 6.95. The van der Waals surface area contributed by atoms with Crippen LogP contribution in [0.4, 0.5) is 5.69 Å². The average molecular weight is 362 g/mol. The van der Waals surface area contributed by atoms with E-state index in [9.17, 15) is 14.4 Å². The molecule has 0 saturated carbocycles. The van der Waals surface area contributed by atoms with Crippen molar-refractivity contribution in [3.63, 3.8) is 0 Å². The number of ether oxygens (including phenoxy) is 2. The summed E-state index contributed by atoms with van der Waals surface area (Å²) in [5.74, 6) is -1.49. The molecule has 2 aliphatic heterocycles. The number of carboxylic acid groups (broad SMARTS) is 1. The number of rotatable bonds is 5. The molecule has 1 saturated heterocycles. The van der Waals surface area contributed by atoms with Gasteiger partial charge >= 0.3 is 5.97 Å². The third-order valence-corrected chi connectivity index (χ3v) is 4.48. The van der Waals surface area contributed by atoms with Crippen LogP contribution in [0.15, 0.2) is 18.2 Å². The molecule has 3 rings (SSSR count). The molecule has 1 aromatic rings. The standard InChI is InChI=1S/C18H22N2O6/c1-18(2)17(24)20(10-15(21)19-9-12-4-3-7-25-12)13-6-5-11(16(22)23)8-14(13)26-18/h5-6,8,12H,3-4,7,9-10H2,1-2H3,(H,19,21)(H,22,23). The number of anilines is 1. The highest BCUT2D eigenvalue weighted by atomic mass is 16.5. The Bertz CT molecular complexity index is 739. The van der Waals surface area contributed by atoms with Crippen LogP contribution < -0.4 is 15.0 Å². The van der Waals surface area contributed by atoms with Gasteiger partial charge in [0.25, 0.3) is 5.91 Å². The molecule has 2 N–H and O–H groups in total. The van der Waals surface area contributed by atoms with Gasteiger partial charge in [0.05, 0.1) is 17.4 Å². The summed E-state index contributed by atoms with van der Waals surface area (Å²) in [6.07, 6.45) is 1.90. The number of carbonyl (C=O) groups excluding carboxylic acids is 2. The third kappa shape index (κ3) is 3.65. The average Bonchev–Trinajstić information content (AvgIpc) is 3.09. The predicted molar refractivity (Wildman–Crippen MR) is 92.4 cm³/mol. The highest BCUT2D eigenvalue weighted by Crippen LogP contribution is 2.38. The van der Waals surface area contributed by atoms with Crippen LogP contribution >= 0.6 is 0 Å². The molecule has 8 heteroatoms. The van der Waals surface area contributed by atoms with Gasteiger partial charge in [-0.25, -0.2) is 4.79 Å². The van der Waals surface area contributed by atoms with Gasteiger partial charge in [-0.3, -0.25) is 14.5 Å². The van der Waals surface area contributed by atoms with Gasteiger partial charge in [-0.2, -0.15) is 0 Å². The summed E-state index contributed by atoms with van der Waals surface area (Å²) in [5, 5.41) is 11.9. The number of carbonyl (C=O) groups is 3. The summed E-state index contributed by atoms with van der Waals surface area (Å²) in [4.78, 5) is 37.5. The van der Waals surface area contributed by atoms with Crippen molar-refractivity contribution in [3.05, 3.63) is 23.8 Å². The molecule has 0 radical (unpaired) electrons. The van der Waals surface area contributed by atoms with Crippen molar-refractivity contribution in [2.45, 2.75) is 38.4 Å². The Kier molecular flexibility index (Phi) is 4.86. The van der Waals surface area contributed by atoms with Gasteiger partial charge in [-0.1, -0.05) is 0 Å². The summed E-state index contributed by atoms with van der Waals surface area (Å²) < 4.78 is 11.1. The van der Waals surface area contributed by atoms with Crippen LogP contribution in [0.2, 0.25) is 0 Å². The lowest BCUT2D eigenvalue weighted by atomic mass is 10.0. The number of benzene rings is 1. The molecule has 1 aromatic carbocycles. The molecule has 0 bridgehead atoms. The maximum Gasteiger partial charge on any atom is 0.335 e. The van der Waals surface area contributed by atoms with Crippen LogP contribution in [-0.2, 0) is 14.3 Å². The summed E-state index contributed by atoms with van der Waals surface area (Å²) >= 11 is 0. The molecule has 26 heavy (non-hydrogen) atoms. The first-order valence-corrected chi connectivity index (χ1v) is 8.54. The number of aromatic carboxylic acids is 1. The quantitative estimate of drug-likeness (QED) is 0.815. The van der Waals surface area contributed by atoms with E-state index in [1.807, 2.05) is 0 Å². The Balaban J connectivity index is 1.77. The minimum atomic E-state index is -1.20. The Hall–Kier alpha value is -2.61. The van der Waals surface area contributed by atoms with E-state index < -0.39 is 11.6 Å². The number of hydrogen-bond donors (Lipinski definition) is 2. The van der Waals surface area contributed by atoms with E-state index in [4.69, 9.17) is 14.6 Å². The van der Waals surface area contributed by atoms with Crippen LogP contribution in [0.5, 0.6) is 5.75 Å². The molecule has 140 valence electrons. The Morgan fingerprint density at radius 3 is 2.81 bits per heavy atom. The fourth-order valence-electron chi connectivity index (χ4n) is 3.09. The third-order valence-electron chi connectivity index (χ3n) is 4.48. The maximum atomic E-state index is 12.7. The normalized spacial score (nSPS) is 21.1. The van der Waals surface area contributed by atoms with Crippen molar-refractivity contribution >= 4 is 23.5 Å². The number of hydrogen-bond acceptors (Lipinski definition) is 5. The van der Waals surface area contributed by atoms with Crippen LogP contribution in [-0.4, -0.2) is 54.3 Å². The van der Waals surface area contributed by atoms with E-state index >= 15 is 0 Å². The molecule has 0 spiro atoms. The number of fused-ring (bicyclic) bond motifs is 1. The zero-order valence-corrected chi connectivity index (χ0v) is 14.8. The first-order valence-electron chi connectivity index (χ1n) is 8.54. The van der Waals surface area contributed by atoms with Crippen molar-refractivity contribution < 1.29 is 29.0 Å². The van der Waals surface area contributed by atoms with Crippen LogP contribution in [0.25, 0.3) is 0 Å². The minimum absolute atomic E-state index is 0.0150. The summed E-state index contributed by atoms with van der Waals surface area (Å²) in [6, 6.07) is 4.23. The van der Waals surface area contributed by atoms with E-state index in [0.29, 0.717) is 18.8 Å².